The maximum Gasteiger partial charge on any atom is 0.155 e. The van der Waals surface area contributed by atoms with E-state index >= 15 is 0 Å². The van der Waals surface area contributed by atoms with Crippen molar-refractivity contribution in [3.8, 4) is 0 Å². The third-order valence-corrected chi connectivity index (χ3v) is 8.28. The minimum atomic E-state index is -0.101. The van der Waals surface area contributed by atoms with Gasteiger partial charge >= 0.3 is 0 Å². The Labute approximate surface area is 140 Å². The van der Waals surface area contributed by atoms with Crippen LogP contribution in [0, 0.1) is 40.9 Å². The van der Waals surface area contributed by atoms with Crippen molar-refractivity contribution in [1.82, 2.24) is 0 Å². The van der Waals surface area contributed by atoms with Crippen molar-refractivity contribution < 1.29 is 9.90 Å². The van der Waals surface area contributed by atoms with E-state index in [1.165, 1.54) is 24.8 Å². The number of aliphatic hydroxyl groups is 1. The summed E-state index contributed by atoms with van der Waals surface area (Å²) in [7, 11) is 0. The van der Waals surface area contributed by atoms with Crippen molar-refractivity contribution in [2.75, 3.05) is 0 Å². The van der Waals surface area contributed by atoms with Crippen LogP contribution in [-0.4, -0.2) is 17.0 Å². The summed E-state index contributed by atoms with van der Waals surface area (Å²) in [5, 5.41) is 10.9. The van der Waals surface area contributed by atoms with Crippen LogP contribution in [0.15, 0.2) is 11.6 Å². The molecule has 128 valence electrons. The Morgan fingerprint density at radius 1 is 1.35 bits per heavy atom. The first-order valence-electron chi connectivity index (χ1n) is 9.87. The van der Waals surface area contributed by atoms with Crippen LogP contribution in [0.5, 0.6) is 0 Å². The Morgan fingerprint density at radius 2 is 2.13 bits per heavy atom. The third kappa shape index (κ3) is 2.20. The molecule has 1 N–H and O–H groups in total. The summed E-state index contributed by atoms with van der Waals surface area (Å²) in [4.78, 5) is 11.8. The molecule has 0 unspecified atom stereocenters. The summed E-state index contributed by atoms with van der Waals surface area (Å²) in [6, 6.07) is 0. The second-order valence-corrected chi connectivity index (χ2v) is 9.25. The Morgan fingerprint density at radius 3 is 2.87 bits per heavy atom. The van der Waals surface area contributed by atoms with Gasteiger partial charge in [0.25, 0.3) is 0 Å². The molecule has 3 saturated carbocycles. The first-order valence-corrected chi connectivity index (χ1v) is 9.87. The summed E-state index contributed by atoms with van der Waals surface area (Å²) in [6.07, 6.45) is 9.63. The lowest BCUT2D eigenvalue weighted by Crippen LogP contribution is -2.50. The monoisotopic (exact) mass is 316 g/mol. The normalized spacial score (nSPS) is 52.4. The van der Waals surface area contributed by atoms with Gasteiger partial charge in [-0.3, -0.25) is 4.79 Å². The van der Waals surface area contributed by atoms with Gasteiger partial charge in [-0.05, 0) is 79.1 Å². The van der Waals surface area contributed by atoms with E-state index in [9.17, 15) is 9.90 Å². The third-order valence-electron chi connectivity index (χ3n) is 8.28. The van der Waals surface area contributed by atoms with E-state index in [4.69, 9.17) is 0 Å². The fourth-order valence-corrected chi connectivity index (χ4v) is 7.13. The number of aliphatic hydroxyl groups excluding tert-OH is 1. The number of carbonyl (C=O) groups is 1. The van der Waals surface area contributed by atoms with Crippen LogP contribution in [-0.2, 0) is 4.79 Å². The van der Waals surface area contributed by atoms with Gasteiger partial charge in [-0.1, -0.05) is 32.8 Å². The number of ketones is 1. The van der Waals surface area contributed by atoms with Crippen LogP contribution >= 0.6 is 0 Å². The van der Waals surface area contributed by atoms with Gasteiger partial charge in [-0.2, -0.15) is 0 Å². The molecule has 0 radical (unpaired) electrons. The molecule has 0 amide bonds. The molecule has 0 saturated heterocycles. The molecule has 0 aliphatic heterocycles. The molecular formula is C21H32O2. The van der Waals surface area contributed by atoms with E-state index in [1.807, 2.05) is 6.08 Å². The molecule has 3 fully saturated rings. The van der Waals surface area contributed by atoms with Crippen molar-refractivity contribution >= 4 is 5.78 Å². The Kier molecular flexibility index (Phi) is 3.75. The second-order valence-electron chi connectivity index (χ2n) is 9.25. The van der Waals surface area contributed by atoms with E-state index in [0.717, 1.165) is 37.5 Å². The Bertz CT molecular complexity index is 536. The summed E-state index contributed by atoms with van der Waals surface area (Å²) >= 11 is 0. The van der Waals surface area contributed by atoms with Crippen LogP contribution in [0.1, 0.15) is 65.7 Å². The van der Waals surface area contributed by atoms with Gasteiger partial charge in [0.2, 0.25) is 0 Å². The predicted molar refractivity (Wildman–Crippen MR) is 91.8 cm³/mol. The molecular weight excluding hydrogens is 284 g/mol. The number of rotatable bonds is 1. The smallest absolute Gasteiger partial charge is 0.155 e. The summed E-state index contributed by atoms with van der Waals surface area (Å²) in [5.74, 6) is 4.40. The van der Waals surface area contributed by atoms with Crippen LogP contribution in [0.4, 0.5) is 0 Å². The van der Waals surface area contributed by atoms with Gasteiger partial charge in [0, 0.05) is 6.42 Å². The number of hydrogen-bond acceptors (Lipinski definition) is 2. The second kappa shape index (κ2) is 5.44. The van der Waals surface area contributed by atoms with Crippen LogP contribution in [0.25, 0.3) is 0 Å². The average Bonchev–Trinajstić information content (AvgIpc) is 2.78. The average molecular weight is 316 g/mol. The number of fused-ring (bicyclic) bond motifs is 5. The van der Waals surface area contributed by atoms with E-state index in [1.54, 1.807) is 0 Å². The molecule has 2 nitrogen and oxygen atoms in total. The van der Waals surface area contributed by atoms with Crippen LogP contribution < -0.4 is 0 Å². The standard InChI is InChI=1S/C21H32O2/c1-4-13-11-18-19-12(2)9-14-10-15(22)5-6-16(14)17(19)7-8-21(18,3)20(13)23/h10,12-13,16-20,23H,4-9,11H2,1-3H3/t12-,13+,16+,17-,18-,19-,20-,21+/m1/s1. The number of carbonyl (C=O) groups excluding carboxylic acids is 1. The fraction of sp³-hybridized carbons (Fsp3) is 0.857. The molecule has 8 atom stereocenters. The highest BCUT2D eigenvalue weighted by atomic mass is 16.3. The molecule has 4 rings (SSSR count). The van der Waals surface area contributed by atoms with Crippen LogP contribution in [0.2, 0.25) is 0 Å². The van der Waals surface area contributed by atoms with Gasteiger partial charge in [0.1, 0.15) is 0 Å². The Balaban J connectivity index is 1.67. The molecule has 0 aromatic carbocycles. The highest BCUT2D eigenvalue weighted by molar-refractivity contribution is 5.91. The first kappa shape index (κ1) is 15.9. The Hall–Kier alpha value is -0.630. The van der Waals surface area contributed by atoms with E-state index in [-0.39, 0.29) is 11.5 Å². The lowest BCUT2D eigenvalue weighted by Gasteiger charge is -2.55. The lowest BCUT2D eigenvalue weighted by molar-refractivity contribution is -0.116. The zero-order valence-electron chi connectivity index (χ0n) is 14.9. The molecule has 0 aromatic heterocycles. The highest BCUT2D eigenvalue weighted by Gasteiger charge is 2.59. The lowest BCUT2D eigenvalue weighted by atomic mass is 9.49. The molecule has 4 aliphatic rings. The summed E-state index contributed by atoms with van der Waals surface area (Å²) < 4.78 is 0. The van der Waals surface area contributed by atoms with Crippen molar-refractivity contribution in [3.63, 3.8) is 0 Å². The molecule has 4 aliphatic carbocycles. The van der Waals surface area contributed by atoms with Crippen molar-refractivity contribution in [2.45, 2.75) is 71.8 Å². The molecule has 0 aromatic rings. The molecule has 2 heteroatoms. The van der Waals surface area contributed by atoms with E-state index in [0.29, 0.717) is 29.5 Å². The maximum atomic E-state index is 11.8. The topological polar surface area (TPSA) is 37.3 Å². The zero-order chi connectivity index (χ0) is 16.4. The van der Waals surface area contributed by atoms with Crippen molar-refractivity contribution in [3.05, 3.63) is 11.6 Å². The first-order chi connectivity index (χ1) is 11.0. The maximum absolute atomic E-state index is 11.8. The van der Waals surface area contributed by atoms with E-state index in [2.05, 4.69) is 20.8 Å². The van der Waals surface area contributed by atoms with Crippen molar-refractivity contribution in [1.29, 1.82) is 0 Å². The van der Waals surface area contributed by atoms with Gasteiger partial charge in [-0.15, -0.1) is 0 Å². The molecule has 0 spiro atoms. The molecule has 0 bridgehead atoms. The fourth-order valence-electron chi connectivity index (χ4n) is 7.13. The summed E-state index contributed by atoms with van der Waals surface area (Å²) in [6.45, 7) is 7.02. The quantitative estimate of drug-likeness (QED) is 0.780. The summed E-state index contributed by atoms with van der Waals surface area (Å²) in [5.41, 5.74) is 1.60. The van der Waals surface area contributed by atoms with Crippen molar-refractivity contribution in [2.24, 2.45) is 40.9 Å². The van der Waals surface area contributed by atoms with E-state index < -0.39 is 0 Å². The predicted octanol–water partition coefficient (Wildman–Crippen LogP) is 4.37. The molecule has 0 heterocycles. The number of allylic oxidation sites excluding steroid dienone is 1. The SMILES string of the molecule is CC[C@H]1C[C@@H]2[C@H]3[C@H](CC[C@]2(C)[C@@H]1O)[C@H]1CCC(=O)C=C1C[C@H]3C. The highest BCUT2D eigenvalue weighted by Crippen LogP contribution is 2.64. The minimum Gasteiger partial charge on any atom is -0.392 e. The van der Waals surface area contributed by atoms with Crippen LogP contribution in [0.3, 0.4) is 0 Å². The minimum absolute atomic E-state index is 0.101. The van der Waals surface area contributed by atoms with Gasteiger partial charge in [0.05, 0.1) is 6.10 Å². The largest absolute Gasteiger partial charge is 0.392 e. The molecule has 23 heavy (non-hydrogen) atoms. The van der Waals surface area contributed by atoms with Gasteiger partial charge in [-0.25, -0.2) is 0 Å². The number of hydrogen-bond donors (Lipinski definition) is 1. The zero-order valence-corrected chi connectivity index (χ0v) is 14.9. The van der Waals surface area contributed by atoms with Gasteiger partial charge < -0.3 is 5.11 Å². The van der Waals surface area contributed by atoms with Gasteiger partial charge in [0.15, 0.2) is 5.78 Å².